The highest BCUT2D eigenvalue weighted by Crippen LogP contribution is 2.30. The van der Waals surface area contributed by atoms with E-state index >= 15 is 0 Å². The van der Waals surface area contributed by atoms with Gasteiger partial charge in [0.25, 0.3) is 0 Å². The number of halogens is 1. The van der Waals surface area contributed by atoms with E-state index in [1.807, 2.05) is 0 Å². The van der Waals surface area contributed by atoms with Crippen LogP contribution in [0.3, 0.4) is 0 Å². The molecule has 0 N–H and O–H groups in total. The Balaban J connectivity index is 1.75. The molecule has 0 radical (unpaired) electrons. The van der Waals surface area contributed by atoms with Gasteiger partial charge in [-0.15, -0.1) is 0 Å². The Hall–Kier alpha value is 0.690. The Morgan fingerprint density at radius 1 is 1.22 bits per heavy atom. The number of nitrogens with zero attached hydrogens (tertiary/aromatic N) is 1. The fourth-order valence-corrected chi connectivity index (χ4v) is 2.52. The topological polar surface area (TPSA) is 3.24 Å². The minimum atomic E-state index is 0.961. The van der Waals surface area contributed by atoms with Gasteiger partial charge in [0.1, 0.15) is 0 Å². The predicted molar refractivity (Wildman–Crippen MR) is 47.0 cm³/mol. The molecule has 0 unspecified atom stereocenters. The second-order valence-corrected chi connectivity index (χ2v) is 4.90. The van der Waals surface area contributed by atoms with Crippen molar-refractivity contribution in [2.75, 3.05) is 13.1 Å². The molecule has 0 spiro atoms. The molecule has 0 atom stereocenters. The van der Waals surface area contributed by atoms with E-state index in [1.54, 1.807) is 0 Å². The van der Waals surface area contributed by atoms with Crippen LogP contribution in [-0.4, -0.2) is 28.0 Å². The van der Waals surface area contributed by atoms with Gasteiger partial charge in [0.2, 0.25) is 0 Å². The van der Waals surface area contributed by atoms with Gasteiger partial charge in [0.15, 0.2) is 0 Å². The van der Waals surface area contributed by atoms with Crippen LogP contribution in [0.2, 0.25) is 0 Å². The molecule has 1 saturated heterocycles. The Labute approximate surface area is 69.9 Å². The predicted octanol–water partition coefficient (Wildman–Crippen LogP) is 1.66. The quantitative estimate of drug-likeness (QED) is 0.495. The molecular weight excluding hydrogens is 225 g/mol. The summed E-state index contributed by atoms with van der Waals surface area (Å²) in [6, 6.07) is 0.996. The Morgan fingerprint density at radius 2 is 1.89 bits per heavy atom. The molecule has 0 aromatic rings. The monoisotopic (exact) mass is 237 g/mol. The lowest BCUT2D eigenvalue weighted by Gasteiger charge is -2.46. The molecule has 1 nitrogen and oxygen atoms in total. The summed E-state index contributed by atoms with van der Waals surface area (Å²) in [5.41, 5.74) is 0. The highest BCUT2D eigenvalue weighted by atomic mass is 127. The minimum Gasteiger partial charge on any atom is -0.298 e. The third-order valence-corrected chi connectivity index (χ3v) is 3.24. The van der Waals surface area contributed by atoms with E-state index in [2.05, 4.69) is 27.5 Å². The number of alkyl halides is 1. The molecule has 1 heterocycles. The Bertz CT molecular complexity index is 105. The lowest BCUT2D eigenvalue weighted by atomic mass is 9.89. The number of hydrogen-bond donors (Lipinski definition) is 0. The maximum Gasteiger partial charge on any atom is 0.0364 e. The molecule has 0 bridgehead atoms. The summed E-state index contributed by atoms with van der Waals surface area (Å²) in [6.07, 6.45) is 4.43. The van der Waals surface area contributed by atoms with Crippen molar-refractivity contribution in [2.24, 2.45) is 0 Å². The molecule has 2 heteroatoms. The zero-order chi connectivity index (χ0) is 6.27. The van der Waals surface area contributed by atoms with Crippen LogP contribution >= 0.6 is 22.6 Å². The first kappa shape index (κ1) is 6.40. The molecular formula is C7H12IN. The van der Waals surface area contributed by atoms with Crippen LogP contribution in [0.5, 0.6) is 0 Å². The van der Waals surface area contributed by atoms with E-state index in [9.17, 15) is 0 Å². The van der Waals surface area contributed by atoms with Crippen LogP contribution in [0.15, 0.2) is 0 Å². The molecule has 9 heavy (non-hydrogen) atoms. The fourth-order valence-electron chi connectivity index (χ4n) is 1.51. The van der Waals surface area contributed by atoms with Gasteiger partial charge in [0.05, 0.1) is 0 Å². The van der Waals surface area contributed by atoms with Crippen LogP contribution in [0.4, 0.5) is 0 Å². The largest absolute Gasteiger partial charge is 0.298 e. The summed E-state index contributed by atoms with van der Waals surface area (Å²) in [5, 5.41) is 0. The van der Waals surface area contributed by atoms with Crippen molar-refractivity contribution in [3.8, 4) is 0 Å². The summed E-state index contributed by atoms with van der Waals surface area (Å²) < 4.78 is 0.961. The highest BCUT2D eigenvalue weighted by molar-refractivity contribution is 14.1. The zero-order valence-corrected chi connectivity index (χ0v) is 7.67. The normalized spacial score (nSPS) is 31.7. The smallest absolute Gasteiger partial charge is 0.0364 e. The van der Waals surface area contributed by atoms with Crippen molar-refractivity contribution >= 4 is 22.6 Å². The Morgan fingerprint density at radius 3 is 2.22 bits per heavy atom. The number of likely N-dealkylation sites (tertiary alicyclic amines) is 1. The third kappa shape index (κ3) is 1.11. The van der Waals surface area contributed by atoms with Crippen molar-refractivity contribution in [1.29, 1.82) is 0 Å². The van der Waals surface area contributed by atoms with Crippen LogP contribution in [0.1, 0.15) is 19.3 Å². The second kappa shape index (κ2) is 2.38. The highest BCUT2D eigenvalue weighted by Gasteiger charge is 2.33. The zero-order valence-electron chi connectivity index (χ0n) is 5.52. The van der Waals surface area contributed by atoms with E-state index in [-0.39, 0.29) is 0 Å². The van der Waals surface area contributed by atoms with E-state index < -0.39 is 0 Å². The summed E-state index contributed by atoms with van der Waals surface area (Å²) in [6.45, 7) is 2.73. The molecule has 1 aliphatic carbocycles. The Kier molecular flexibility index (Phi) is 1.69. The van der Waals surface area contributed by atoms with Crippen molar-refractivity contribution in [2.45, 2.75) is 29.2 Å². The van der Waals surface area contributed by atoms with Gasteiger partial charge >= 0.3 is 0 Å². The summed E-state index contributed by atoms with van der Waals surface area (Å²) in [4.78, 5) is 2.63. The molecule has 1 saturated carbocycles. The fraction of sp³-hybridized carbons (Fsp3) is 1.00. The van der Waals surface area contributed by atoms with Gasteiger partial charge in [-0.25, -0.2) is 0 Å². The van der Waals surface area contributed by atoms with Gasteiger partial charge in [-0.1, -0.05) is 29.0 Å². The van der Waals surface area contributed by atoms with E-state index in [4.69, 9.17) is 0 Å². The first-order valence-electron chi connectivity index (χ1n) is 3.74. The molecule has 2 rings (SSSR count). The molecule has 0 aromatic carbocycles. The molecule has 1 aliphatic heterocycles. The van der Waals surface area contributed by atoms with Gasteiger partial charge in [-0.05, 0) is 12.8 Å². The molecule has 2 aliphatic rings. The van der Waals surface area contributed by atoms with Gasteiger partial charge in [-0.2, -0.15) is 0 Å². The number of rotatable bonds is 1. The van der Waals surface area contributed by atoms with E-state index in [0.29, 0.717) is 0 Å². The molecule has 0 amide bonds. The summed E-state index contributed by atoms with van der Waals surface area (Å²) in [5.74, 6) is 0. The van der Waals surface area contributed by atoms with Crippen molar-refractivity contribution < 1.29 is 0 Å². The van der Waals surface area contributed by atoms with Crippen LogP contribution in [-0.2, 0) is 0 Å². The van der Waals surface area contributed by atoms with Gasteiger partial charge < -0.3 is 0 Å². The first-order chi connectivity index (χ1) is 4.36. The van der Waals surface area contributed by atoms with Gasteiger partial charge in [0, 0.05) is 23.1 Å². The van der Waals surface area contributed by atoms with Crippen molar-refractivity contribution in [3.05, 3.63) is 0 Å². The standard InChI is InChI=1S/C7H12IN/c8-6-4-9(5-6)7-2-1-3-7/h6-7H,1-5H2. The SMILES string of the molecule is IC1CN(C2CCC2)C1. The average Bonchev–Trinajstić information content (AvgIpc) is 1.57. The average molecular weight is 237 g/mol. The second-order valence-electron chi connectivity index (χ2n) is 3.14. The lowest BCUT2D eigenvalue weighted by molar-refractivity contribution is 0.0778. The summed E-state index contributed by atoms with van der Waals surface area (Å²) >= 11 is 2.54. The summed E-state index contributed by atoms with van der Waals surface area (Å²) in [7, 11) is 0. The van der Waals surface area contributed by atoms with Crippen LogP contribution in [0.25, 0.3) is 0 Å². The minimum absolute atomic E-state index is 0.961. The van der Waals surface area contributed by atoms with E-state index in [1.165, 1.54) is 32.4 Å². The van der Waals surface area contributed by atoms with Crippen molar-refractivity contribution in [1.82, 2.24) is 4.90 Å². The van der Waals surface area contributed by atoms with Crippen LogP contribution in [0, 0.1) is 0 Å². The first-order valence-corrected chi connectivity index (χ1v) is 4.99. The lowest BCUT2D eigenvalue weighted by Crippen LogP contribution is -2.54. The molecule has 52 valence electrons. The van der Waals surface area contributed by atoms with Gasteiger partial charge in [-0.3, -0.25) is 4.90 Å². The maximum atomic E-state index is 2.63. The number of hydrogen-bond acceptors (Lipinski definition) is 1. The van der Waals surface area contributed by atoms with E-state index in [0.717, 1.165) is 9.97 Å². The molecule has 2 fully saturated rings. The maximum absolute atomic E-state index is 2.63. The third-order valence-electron chi connectivity index (χ3n) is 2.46. The van der Waals surface area contributed by atoms with Crippen LogP contribution < -0.4 is 0 Å². The molecule has 0 aromatic heterocycles. The van der Waals surface area contributed by atoms with Crippen molar-refractivity contribution in [3.63, 3.8) is 0 Å².